The number of amides is 2. The summed E-state index contributed by atoms with van der Waals surface area (Å²) in [6, 6.07) is 19.0. The van der Waals surface area contributed by atoms with Gasteiger partial charge in [-0.15, -0.1) is 0 Å². The number of likely N-dealkylation sites (N-methyl/N-ethyl adjacent to an activating group) is 1. The van der Waals surface area contributed by atoms with E-state index in [1.165, 1.54) is 18.1 Å². The fraction of sp³-hybridized carbons (Fsp3) is 0.235. The van der Waals surface area contributed by atoms with Crippen LogP contribution >= 0.6 is 0 Å². The molecule has 1 unspecified atom stereocenters. The van der Waals surface area contributed by atoms with Crippen molar-refractivity contribution in [2.45, 2.75) is 30.2 Å². The standard InChI is InChI=1S/C34H35N3O6S/c1-36(2)34(39)27-9-5-8-25(19-27)26-13-15-31(42-4)32(20-26)44(40,41)35-28-14-12-24-7-6-10-30(29(24)21-28)37(3)33(38)16-11-23-17-18-43-22-23/h5,8-9,11-22,30,35H,6-7,10H2,1-4H3/b16-11+. The summed E-state index contributed by atoms with van der Waals surface area (Å²) in [4.78, 5) is 28.7. The van der Waals surface area contributed by atoms with Gasteiger partial charge in [0, 0.05) is 44.0 Å². The van der Waals surface area contributed by atoms with E-state index < -0.39 is 10.0 Å². The summed E-state index contributed by atoms with van der Waals surface area (Å²) in [6.45, 7) is 0. The highest BCUT2D eigenvalue weighted by atomic mass is 32.2. The van der Waals surface area contributed by atoms with Crippen LogP contribution in [0.3, 0.4) is 0 Å². The number of nitrogens with zero attached hydrogens (tertiary/aromatic N) is 2. The minimum Gasteiger partial charge on any atom is -0.495 e. The third-order valence-corrected chi connectivity index (χ3v) is 9.16. The van der Waals surface area contributed by atoms with Crippen molar-refractivity contribution >= 4 is 33.6 Å². The summed E-state index contributed by atoms with van der Waals surface area (Å²) in [7, 11) is 2.44. The third-order valence-electron chi connectivity index (χ3n) is 7.76. The van der Waals surface area contributed by atoms with Gasteiger partial charge in [0.1, 0.15) is 10.6 Å². The van der Waals surface area contributed by atoms with Crippen LogP contribution < -0.4 is 9.46 Å². The number of hydrogen-bond acceptors (Lipinski definition) is 6. The smallest absolute Gasteiger partial charge is 0.265 e. The molecule has 1 aromatic heterocycles. The normalized spacial score (nSPS) is 14.6. The Morgan fingerprint density at radius 3 is 2.52 bits per heavy atom. The molecule has 44 heavy (non-hydrogen) atoms. The molecule has 1 heterocycles. The van der Waals surface area contributed by atoms with Gasteiger partial charge in [-0.1, -0.05) is 24.3 Å². The largest absolute Gasteiger partial charge is 0.495 e. The van der Waals surface area contributed by atoms with E-state index in [-0.39, 0.29) is 28.5 Å². The van der Waals surface area contributed by atoms with E-state index in [0.29, 0.717) is 22.4 Å². The minimum absolute atomic E-state index is 0.0345. The zero-order chi connectivity index (χ0) is 31.4. The average molecular weight is 614 g/mol. The molecule has 4 aromatic rings. The molecular weight excluding hydrogens is 578 g/mol. The van der Waals surface area contributed by atoms with E-state index in [1.54, 1.807) is 93.2 Å². The number of sulfonamides is 1. The summed E-state index contributed by atoms with van der Waals surface area (Å²) in [5.41, 5.74) is 4.98. The van der Waals surface area contributed by atoms with Gasteiger partial charge in [-0.05, 0) is 90.1 Å². The summed E-state index contributed by atoms with van der Waals surface area (Å²) in [5, 5.41) is 0. The number of ether oxygens (including phenoxy) is 1. The molecule has 1 atom stereocenters. The molecule has 228 valence electrons. The SMILES string of the molecule is COc1ccc(-c2cccc(C(=O)N(C)C)c2)cc1S(=O)(=O)Nc1ccc2c(c1)C(N(C)C(=O)/C=C/c1ccoc1)CCC2. The topological polar surface area (TPSA) is 109 Å². The van der Waals surface area contributed by atoms with Gasteiger partial charge in [0.2, 0.25) is 5.91 Å². The lowest BCUT2D eigenvalue weighted by Crippen LogP contribution is -2.32. The van der Waals surface area contributed by atoms with Crippen LogP contribution in [0.5, 0.6) is 5.75 Å². The second-order valence-electron chi connectivity index (χ2n) is 10.9. The van der Waals surface area contributed by atoms with Crippen molar-refractivity contribution in [3.05, 3.63) is 108 Å². The monoisotopic (exact) mass is 613 g/mol. The predicted octanol–water partition coefficient (Wildman–Crippen LogP) is 6.01. The van der Waals surface area contributed by atoms with Gasteiger partial charge < -0.3 is 19.0 Å². The average Bonchev–Trinajstić information content (AvgIpc) is 3.56. The van der Waals surface area contributed by atoms with Crippen molar-refractivity contribution in [1.29, 1.82) is 0 Å². The number of aryl methyl sites for hydroxylation is 1. The Morgan fingerprint density at radius 2 is 1.80 bits per heavy atom. The molecule has 3 aromatic carbocycles. The molecule has 0 radical (unpaired) electrons. The molecule has 1 N–H and O–H groups in total. The predicted molar refractivity (Wildman–Crippen MR) is 170 cm³/mol. The third kappa shape index (κ3) is 6.55. The molecule has 0 fully saturated rings. The highest BCUT2D eigenvalue weighted by Gasteiger charge is 2.28. The number of anilines is 1. The van der Waals surface area contributed by atoms with Gasteiger partial charge in [-0.25, -0.2) is 8.42 Å². The van der Waals surface area contributed by atoms with Gasteiger partial charge in [0.25, 0.3) is 15.9 Å². The number of nitrogens with one attached hydrogen (secondary N) is 1. The van der Waals surface area contributed by atoms with Gasteiger partial charge >= 0.3 is 0 Å². The van der Waals surface area contributed by atoms with Crippen molar-refractivity contribution in [1.82, 2.24) is 9.80 Å². The first-order chi connectivity index (χ1) is 21.1. The Morgan fingerprint density at radius 1 is 1.00 bits per heavy atom. The zero-order valence-corrected chi connectivity index (χ0v) is 25.9. The van der Waals surface area contributed by atoms with Gasteiger partial charge in [-0.2, -0.15) is 0 Å². The van der Waals surface area contributed by atoms with Gasteiger partial charge in [0.15, 0.2) is 0 Å². The summed E-state index contributed by atoms with van der Waals surface area (Å²) in [6.07, 6.45) is 8.84. The quantitative estimate of drug-likeness (QED) is 0.232. The van der Waals surface area contributed by atoms with E-state index in [1.807, 2.05) is 18.2 Å². The number of carbonyl (C=O) groups excluding carboxylic acids is 2. The summed E-state index contributed by atoms with van der Waals surface area (Å²) < 4.78 is 40.8. The van der Waals surface area contributed by atoms with E-state index in [0.717, 1.165) is 36.0 Å². The number of carbonyl (C=O) groups is 2. The van der Waals surface area contributed by atoms with Crippen molar-refractivity contribution in [2.75, 3.05) is 33.0 Å². The van der Waals surface area contributed by atoms with Crippen LogP contribution in [0.15, 0.2) is 94.6 Å². The maximum absolute atomic E-state index is 13.8. The van der Waals surface area contributed by atoms with Crippen LogP contribution in [0, 0.1) is 0 Å². The molecule has 5 rings (SSSR count). The number of methoxy groups -OCH3 is 1. The van der Waals surface area contributed by atoms with Crippen LogP contribution in [0.2, 0.25) is 0 Å². The van der Waals surface area contributed by atoms with Crippen molar-refractivity contribution in [3.63, 3.8) is 0 Å². The Bertz CT molecular complexity index is 1810. The Kier molecular flexibility index (Phi) is 8.91. The number of furan rings is 1. The Labute approximate surface area is 257 Å². The molecular formula is C34H35N3O6S. The lowest BCUT2D eigenvalue weighted by molar-refractivity contribution is -0.127. The van der Waals surface area contributed by atoms with E-state index in [4.69, 9.17) is 9.15 Å². The minimum atomic E-state index is -4.09. The summed E-state index contributed by atoms with van der Waals surface area (Å²) >= 11 is 0. The van der Waals surface area contributed by atoms with E-state index in [2.05, 4.69) is 4.72 Å². The van der Waals surface area contributed by atoms with Crippen LogP contribution in [-0.2, 0) is 21.2 Å². The van der Waals surface area contributed by atoms with Crippen LogP contribution in [-0.4, -0.2) is 58.3 Å². The molecule has 0 bridgehead atoms. The Hall–Kier alpha value is -4.83. The first-order valence-electron chi connectivity index (χ1n) is 14.2. The molecule has 2 amide bonds. The van der Waals surface area contributed by atoms with Crippen molar-refractivity contribution in [3.8, 4) is 16.9 Å². The highest BCUT2D eigenvalue weighted by molar-refractivity contribution is 7.92. The van der Waals surface area contributed by atoms with E-state index in [9.17, 15) is 18.0 Å². The number of hydrogen-bond donors (Lipinski definition) is 1. The number of rotatable bonds is 9. The fourth-order valence-electron chi connectivity index (χ4n) is 5.41. The van der Waals surface area contributed by atoms with Crippen LogP contribution in [0.1, 0.15) is 45.9 Å². The van der Waals surface area contributed by atoms with Crippen LogP contribution in [0.25, 0.3) is 17.2 Å². The lowest BCUT2D eigenvalue weighted by Gasteiger charge is -2.33. The zero-order valence-electron chi connectivity index (χ0n) is 25.1. The molecule has 0 saturated carbocycles. The molecule has 1 aliphatic rings. The molecule has 1 aliphatic carbocycles. The maximum atomic E-state index is 13.8. The Balaban J connectivity index is 1.43. The number of fused-ring (bicyclic) bond motifs is 1. The highest BCUT2D eigenvalue weighted by Crippen LogP contribution is 2.37. The lowest BCUT2D eigenvalue weighted by atomic mass is 9.86. The maximum Gasteiger partial charge on any atom is 0.265 e. The first-order valence-corrected chi connectivity index (χ1v) is 15.7. The van der Waals surface area contributed by atoms with Crippen molar-refractivity contribution in [2.24, 2.45) is 0 Å². The fourth-order valence-corrected chi connectivity index (χ4v) is 6.66. The second-order valence-corrected chi connectivity index (χ2v) is 12.6. The summed E-state index contributed by atoms with van der Waals surface area (Å²) in [5.74, 6) is -0.123. The van der Waals surface area contributed by atoms with Gasteiger partial charge in [-0.3, -0.25) is 14.3 Å². The second kappa shape index (κ2) is 12.8. The first kappa shape index (κ1) is 30.6. The molecule has 0 aliphatic heterocycles. The molecule has 10 heteroatoms. The molecule has 9 nitrogen and oxygen atoms in total. The molecule has 0 saturated heterocycles. The van der Waals surface area contributed by atoms with Crippen LogP contribution in [0.4, 0.5) is 5.69 Å². The van der Waals surface area contributed by atoms with E-state index >= 15 is 0 Å². The van der Waals surface area contributed by atoms with Crippen molar-refractivity contribution < 1.29 is 27.2 Å². The molecule has 0 spiro atoms. The van der Waals surface area contributed by atoms with Gasteiger partial charge in [0.05, 0.1) is 25.7 Å². The number of benzene rings is 3.